The van der Waals surface area contributed by atoms with Crippen LogP contribution in [-0.2, 0) is 0 Å². The molecule has 0 amide bonds. The molecule has 0 fully saturated rings. The average molecular weight is 432 g/mol. The third-order valence-electron chi connectivity index (χ3n) is 5.65. The van der Waals surface area contributed by atoms with Crippen molar-refractivity contribution in [1.29, 1.82) is 0 Å². The van der Waals surface area contributed by atoms with Crippen LogP contribution >= 0.6 is 0 Å². The highest BCUT2D eigenvalue weighted by Crippen LogP contribution is 2.44. The molecule has 0 unspecified atom stereocenters. The Morgan fingerprint density at radius 1 is 0.500 bits per heavy atom. The lowest BCUT2D eigenvalue weighted by molar-refractivity contribution is 0.415. The highest BCUT2D eigenvalue weighted by Gasteiger charge is 2.19. The maximum Gasteiger partial charge on any atom is 0.159 e. The van der Waals surface area contributed by atoms with Gasteiger partial charge < -0.3 is 4.74 Å². The fraction of sp³-hybridized carbons (Fsp3) is 0.0370. The van der Waals surface area contributed by atoms with E-state index >= 15 is 0 Å². The van der Waals surface area contributed by atoms with Crippen molar-refractivity contribution in [3.63, 3.8) is 0 Å². The molecule has 0 bridgehead atoms. The molecule has 158 valence electrons. The molecule has 0 aliphatic carbocycles. The minimum Gasteiger partial charge on any atom is -0.497 e. The summed E-state index contributed by atoms with van der Waals surface area (Å²) in [4.78, 5) is 0. The van der Waals surface area contributed by atoms with E-state index in [2.05, 4.69) is 0 Å². The van der Waals surface area contributed by atoms with E-state index in [1.165, 1.54) is 6.07 Å². The van der Waals surface area contributed by atoms with Crippen molar-refractivity contribution in [2.75, 3.05) is 7.11 Å². The molecule has 0 atom stereocenters. The van der Waals surface area contributed by atoms with Gasteiger partial charge in [-0.25, -0.2) is 17.6 Å². The fourth-order valence-corrected chi connectivity index (χ4v) is 4.20. The number of benzene rings is 5. The van der Waals surface area contributed by atoms with Crippen molar-refractivity contribution in [1.82, 2.24) is 0 Å². The van der Waals surface area contributed by atoms with E-state index in [9.17, 15) is 17.6 Å². The first-order chi connectivity index (χ1) is 15.5. The van der Waals surface area contributed by atoms with Gasteiger partial charge in [-0.3, -0.25) is 0 Å². The third-order valence-corrected chi connectivity index (χ3v) is 5.65. The van der Waals surface area contributed by atoms with Crippen molar-refractivity contribution in [3.05, 3.63) is 102 Å². The summed E-state index contributed by atoms with van der Waals surface area (Å²) in [5, 5.41) is 2.35. The van der Waals surface area contributed by atoms with Gasteiger partial charge >= 0.3 is 0 Å². The summed E-state index contributed by atoms with van der Waals surface area (Å²) in [6.45, 7) is 0. The first-order valence-corrected chi connectivity index (χ1v) is 9.91. The summed E-state index contributed by atoms with van der Waals surface area (Å²) in [6, 6.07) is 20.4. The normalized spacial score (nSPS) is 11.3. The van der Waals surface area contributed by atoms with Crippen LogP contribution < -0.4 is 4.74 Å². The number of hydrogen-bond acceptors (Lipinski definition) is 1. The molecule has 5 aromatic carbocycles. The largest absolute Gasteiger partial charge is 0.497 e. The summed E-state index contributed by atoms with van der Waals surface area (Å²) in [6.07, 6.45) is 0. The van der Waals surface area contributed by atoms with Crippen molar-refractivity contribution in [3.8, 4) is 28.0 Å². The van der Waals surface area contributed by atoms with E-state index in [1.807, 2.05) is 36.4 Å². The second-order valence-corrected chi connectivity index (χ2v) is 7.46. The predicted molar refractivity (Wildman–Crippen MR) is 119 cm³/mol. The molecule has 0 saturated carbocycles. The Bertz CT molecular complexity index is 1490. The minimum absolute atomic E-state index is 0.373. The molecule has 0 aliphatic rings. The van der Waals surface area contributed by atoms with E-state index < -0.39 is 23.3 Å². The van der Waals surface area contributed by atoms with Crippen molar-refractivity contribution < 1.29 is 22.3 Å². The van der Waals surface area contributed by atoms with Gasteiger partial charge in [0.05, 0.1) is 7.11 Å². The number of rotatable bonds is 3. The summed E-state index contributed by atoms with van der Waals surface area (Å²) < 4.78 is 61.8. The zero-order valence-electron chi connectivity index (χ0n) is 16.9. The van der Waals surface area contributed by atoms with Crippen molar-refractivity contribution in [2.24, 2.45) is 0 Å². The predicted octanol–water partition coefficient (Wildman–Crippen LogP) is 7.89. The molecule has 0 aromatic heterocycles. The summed E-state index contributed by atoms with van der Waals surface area (Å²) in [5.74, 6) is -3.33. The first-order valence-electron chi connectivity index (χ1n) is 9.91. The lowest BCUT2D eigenvalue weighted by Crippen LogP contribution is -1.95. The highest BCUT2D eigenvalue weighted by atomic mass is 19.2. The second kappa shape index (κ2) is 7.68. The van der Waals surface area contributed by atoms with Crippen LogP contribution in [0.4, 0.5) is 17.6 Å². The molecule has 0 aliphatic heterocycles. The Balaban J connectivity index is 1.97. The molecular formula is C27H16F4O. The van der Waals surface area contributed by atoms with Gasteiger partial charge in [-0.05, 0) is 80.2 Å². The third kappa shape index (κ3) is 3.17. The van der Waals surface area contributed by atoms with Gasteiger partial charge in [0.1, 0.15) is 5.75 Å². The molecule has 32 heavy (non-hydrogen) atoms. The Hall–Kier alpha value is -3.86. The molecule has 5 heteroatoms. The second-order valence-electron chi connectivity index (χ2n) is 7.46. The minimum atomic E-state index is -1.02. The Morgan fingerprint density at radius 2 is 1.00 bits per heavy atom. The van der Waals surface area contributed by atoms with E-state index in [1.54, 1.807) is 19.2 Å². The highest BCUT2D eigenvalue weighted by molar-refractivity contribution is 6.21. The van der Waals surface area contributed by atoms with E-state index in [-0.39, 0.29) is 0 Å². The van der Waals surface area contributed by atoms with Crippen LogP contribution in [0.5, 0.6) is 5.75 Å². The van der Waals surface area contributed by atoms with Gasteiger partial charge in [0.25, 0.3) is 0 Å². The van der Waals surface area contributed by atoms with Crippen LogP contribution in [0, 0.1) is 23.3 Å². The quantitative estimate of drug-likeness (QED) is 0.208. The molecule has 5 aromatic rings. The van der Waals surface area contributed by atoms with Crippen LogP contribution in [0.3, 0.4) is 0 Å². The molecule has 0 spiro atoms. The van der Waals surface area contributed by atoms with Crippen molar-refractivity contribution >= 4 is 21.5 Å². The maximum atomic E-state index is 14.4. The smallest absolute Gasteiger partial charge is 0.159 e. The summed E-state index contributed by atoms with van der Waals surface area (Å²) >= 11 is 0. The van der Waals surface area contributed by atoms with Gasteiger partial charge in [-0.2, -0.15) is 0 Å². The summed E-state index contributed by atoms with van der Waals surface area (Å²) in [7, 11) is 1.56. The molecule has 1 nitrogen and oxygen atoms in total. The lowest BCUT2D eigenvalue weighted by Gasteiger charge is -2.18. The van der Waals surface area contributed by atoms with Crippen LogP contribution in [-0.4, -0.2) is 7.11 Å². The molecule has 0 N–H and O–H groups in total. The molecule has 0 saturated heterocycles. The van der Waals surface area contributed by atoms with Crippen LogP contribution in [0.25, 0.3) is 43.8 Å². The van der Waals surface area contributed by atoms with E-state index in [4.69, 9.17) is 4.74 Å². The van der Waals surface area contributed by atoms with Gasteiger partial charge in [0, 0.05) is 0 Å². The van der Waals surface area contributed by atoms with Crippen LogP contribution in [0.1, 0.15) is 0 Å². The first kappa shape index (κ1) is 20.1. The zero-order chi connectivity index (χ0) is 22.4. The van der Waals surface area contributed by atoms with Gasteiger partial charge in [0.15, 0.2) is 23.3 Å². The lowest BCUT2D eigenvalue weighted by atomic mass is 9.86. The van der Waals surface area contributed by atoms with Gasteiger partial charge in [-0.15, -0.1) is 0 Å². The topological polar surface area (TPSA) is 9.23 Å². The van der Waals surface area contributed by atoms with E-state index in [0.717, 1.165) is 35.2 Å². The Morgan fingerprint density at radius 3 is 1.53 bits per heavy atom. The SMILES string of the molecule is COc1ccc(-c2c3ccccc3c(-c3ccc(F)c(F)c3)c3cc(F)c(F)cc23)cc1. The van der Waals surface area contributed by atoms with Gasteiger partial charge in [0.2, 0.25) is 0 Å². The van der Waals surface area contributed by atoms with Crippen LogP contribution in [0.15, 0.2) is 78.9 Å². The number of halogens is 4. The Labute approximate surface area is 181 Å². The molecule has 0 radical (unpaired) electrons. The average Bonchev–Trinajstić information content (AvgIpc) is 2.80. The molecule has 5 rings (SSSR count). The Kier molecular flexibility index (Phi) is 4.82. The fourth-order valence-electron chi connectivity index (χ4n) is 4.20. The monoisotopic (exact) mass is 432 g/mol. The molecule has 0 heterocycles. The zero-order valence-corrected chi connectivity index (χ0v) is 16.9. The van der Waals surface area contributed by atoms with Crippen molar-refractivity contribution in [2.45, 2.75) is 0 Å². The standard InChI is InChI=1S/C27H16F4O/c1-32-17-9-6-15(7-10-17)26-18-4-2-3-5-19(18)27(16-8-11-22(28)23(29)12-16)21-14-25(31)24(30)13-20(21)26/h2-14H,1H3. The number of methoxy groups -OCH3 is 1. The number of hydrogen-bond donors (Lipinski definition) is 0. The number of fused-ring (bicyclic) bond motifs is 2. The van der Waals surface area contributed by atoms with E-state index in [0.29, 0.717) is 38.6 Å². The van der Waals surface area contributed by atoms with Crippen LogP contribution in [0.2, 0.25) is 0 Å². The maximum absolute atomic E-state index is 14.4. The summed E-state index contributed by atoms with van der Waals surface area (Å²) in [5.41, 5.74) is 2.38. The molecular weight excluding hydrogens is 416 g/mol. The van der Waals surface area contributed by atoms with Gasteiger partial charge in [-0.1, -0.05) is 42.5 Å². The number of ether oxygens (including phenoxy) is 1.